The van der Waals surface area contributed by atoms with Crippen LogP contribution < -0.4 is 4.90 Å². The van der Waals surface area contributed by atoms with Crippen molar-refractivity contribution in [1.29, 1.82) is 0 Å². The highest BCUT2D eigenvalue weighted by atomic mass is 32.1. The molecule has 0 saturated heterocycles. The number of fused-ring (bicyclic) bond motifs is 4. The van der Waals surface area contributed by atoms with Crippen LogP contribution in [0.3, 0.4) is 0 Å². The molecule has 5 rings (SSSR count). The van der Waals surface area contributed by atoms with Gasteiger partial charge in [0, 0.05) is 29.4 Å². The van der Waals surface area contributed by atoms with Crippen LogP contribution in [0.5, 0.6) is 0 Å². The summed E-state index contributed by atoms with van der Waals surface area (Å²) in [5.74, 6) is 0. The van der Waals surface area contributed by atoms with E-state index < -0.39 is 0 Å². The van der Waals surface area contributed by atoms with Crippen LogP contribution in [0.25, 0.3) is 10.2 Å². The first-order valence-electron chi connectivity index (χ1n) is 9.07. The zero-order valence-corrected chi connectivity index (χ0v) is 15.5. The molecule has 124 valence electrons. The van der Waals surface area contributed by atoms with Crippen molar-refractivity contribution in [2.75, 3.05) is 4.90 Å². The molecule has 0 bridgehead atoms. The number of hydrogen-bond donors (Lipinski definition) is 0. The van der Waals surface area contributed by atoms with Crippen LogP contribution in [-0.4, -0.2) is 4.57 Å². The molecule has 1 aliphatic heterocycles. The first kappa shape index (κ1) is 14.6. The summed E-state index contributed by atoms with van der Waals surface area (Å²) in [6.07, 6.45) is 7.49. The maximum absolute atomic E-state index is 2.77. The molecule has 2 aliphatic rings. The fraction of sp³-hybridized carbons (Fsp3) is 0.429. The van der Waals surface area contributed by atoms with E-state index in [9.17, 15) is 0 Å². The van der Waals surface area contributed by atoms with Crippen molar-refractivity contribution in [3.05, 3.63) is 52.5 Å². The highest BCUT2D eigenvalue weighted by Crippen LogP contribution is 2.60. The third-order valence-corrected chi connectivity index (χ3v) is 7.55. The van der Waals surface area contributed by atoms with Gasteiger partial charge in [0.1, 0.15) is 0 Å². The quantitative estimate of drug-likeness (QED) is 0.537. The van der Waals surface area contributed by atoms with Crippen LogP contribution >= 0.6 is 11.3 Å². The van der Waals surface area contributed by atoms with Crippen molar-refractivity contribution in [1.82, 2.24) is 4.57 Å². The van der Waals surface area contributed by atoms with Crippen molar-refractivity contribution in [3.63, 3.8) is 0 Å². The van der Waals surface area contributed by atoms with Gasteiger partial charge in [0.25, 0.3) is 0 Å². The number of aromatic nitrogens is 1. The van der Waals surface area contributed by atoms with E-state index in [0.29, 0.717) is 6.04 Å². The molecule has 3 heterocycles. The van der Waals surface area contributed by atoms with Crippen LogP contribution in [0.4, 0.5) is 5.69 Å². The number of aryl methyl sites for hydroxylation is 2. The predicted octanol–water partition coefficient (Wildman–Crippen LogP) is 5.90. The Balaban J connectivity index is 1.81. The number of para-hydroxylation sites is 1. The molecule has 1 aromatic carbocycles. The van der Waals surface area contributed by atoms with Gasteiger partial charge in [-0.1, -0.05) is 31.0 Å². The second kappa shape index (κ2) is 4.89. The van der Waals surface area contributed by atoms with Crippen LogP contribution in [-0.2, 0) is 12.6 Å². The van der Waals surface area contributed by atoms with E-state index in [4.69, 9.17) is 0 Å². The van der Waals surface area contributed by atoms with Gasteiger partial charge in [-0.15, -0.1) is 11.3 Å². The normalized spacial score (nSPS) is 22.0. The smallest absolute Gasteiger partial charge is 0.0692 e. The second-order valence-corrected chi connectivity index (χ2v) is 8.64. The summed E-state index contributed by atoms with van der Waals surface area (Å²) in [6.45, 7) is 4.67. The summed E-state index contributed by atoms with van der Waals surface area (Å²) in [5, 5.41) is 0. The molecule has 2 nitrogen and oxygen atoms in total. The highest BCUT2D eigenvalue weighted by Gasteiger charge is 2.53. The zero-order valence-electron chi connectivity index (χ0n) is 14.7. The Kier molecular flexibility index (Phi) is 2.97. The summed E-state index contributed by atoms with van der Waals surface area (Å²) in [5.41, 5.74) is 6.15. The Bertz CT molecular complexity index is 927. The van der Waals surface area contributed by atoms with Gasteiger partial charge < -0.3 is 9.47 Å². The van der Waals surface area contributed by atoms with Crippen molar-refractivity contribution in [2.24, 2.45) is 7.05 Å². The third kappa shape index (κ3) is 1.66. The van der Waals surface area contributed by atoms with Gasteiger partial charge in [-0.3, -0.25) is 0 Å². The molecule has 1 atom stereocenters. The molecule has 3 aromatic rings. The monoisotopic (exact) mass is 336 g/mol. The fourth-order valence-corrected chi connectivity index (χ4v) is 6.62. The fourth-order valence-electron chi connectivity index (χ4n) is 5.25. The van der Waals surface area contributed by atoms with Crippen LogP contribution in [0.1, 0.15) is 54.7 Å². The van der Waals surface area contributed by atoms with Gasteiger partial charge in [0.15, 0.2) is 0 Å². The average molecular weight is 337 g/mol. The SMILES string of the molecule is Cc1ccccc1N1[C@@H](C)c2sc3ccn(C)c3c2C12CCCC2. The van der Waals surface area contributed by atoms with E-state index in [1.165, 1.54) is 47.2 Å². The Morgan fingerprint density at radius 2 is 1.88 bits per heavy atom. The molecule has 1 spiro atoms. The molecule has 1 saturated carbocycles. The Hall–Kier alpha value is -1.74. The Morgan fingerprint density at radius 3 is 2.62 bits per heavy atom. The largest absolute Gasteiger partial charge is 0.354 e. The minimum atomic E-state index is 0.200. The number of anilines is 1. The first-order valence-corrected chi connectivity index (χ1v) is 9.88. The molecular weight excluding hydrogens is 312 g/mol. The van der Waals surface area contributed by atoms with E-state index in [1.54, 1.807) is 10.4 Å². The molecule has 0 amide bonds. The Morgan fingerprint density at radius 1 is 1.12 bits per heavy atom. The summed E-state index contributed by atoms with van der Waals surface area (Å²) < 4.78 is 3.81. The lowest BCUT2D eigenvalue weighted by Crippen LogP contribution is -2.40. The molecule has 0 radical (unpaired) electrons. The molecule has 3 heteroatoms. The maximum atomic E-state index is 2.77. The highest BCUT2D eigenvalue weighted by molar-refractivity contribution is 7.19. The number of rotatable bonds is 1. The summed E-state index contributed by atoms with van der Waals surface area (Å²) in [7, 11) is 2.21. The lowest BCUT2D eigenvalue weighted by Gasteiger charge is -2.41. The summed E-state index contributed by atoms with van der Waals surface area (Å²) in [6, 6.07) is 11.7. The van der Waals surface area contributed by atoms with Crippen LogP contribution in [0.15, 0.2) is 36.5 Å². The molecule has 0 unspecified atom stereocenters. The number of thiophene rings is 1. The van der Waals surface area contributed by atoms with Gasteiger partial charge >= 0.3 is 0 Å². The molecule has 0 N–H and O–H groups in total. The van der Waals surface area contributed by atoms with E-state index in [2.05, 4.69) is 66.9 Å². The zero-order chi connectivity index (χ0) is 16.5. The molecule has 1 fully saturated rings. The molecular formula is C21H24N2S. The van der Waals surface area contributed by atoms with Crippen molar-refractivity contribution in [3.8, 4) is 0 Å². The minimum absolute atomic E-state index is 0.200. The van der Waals surface area contributed by atoms with E-state index in [0.717, 1.165) is 0 Å². The molecule has 2 aromatic heterocycles. The number of hydrogen-bond acceptors (Lipinski definition) is 2. The van der Waals surface area contributed by atoms with Gasteiger partial charge in [-0.25, -0.2) is 0 Å². The van der Waals surface area contributed by atoms with Crippen molar-refractivity contribution < 1.29 is 0 Å². The Labute approximate surface area is 147 Å². The van der Waals surface area contributed by atoms with Gasteiger partial charge in [-0.05, 0) is 44.4 Å². The second-order valence-electron chi connectivity index (χ2n) is 7.55. The lowest BCUT2D eigenvalue weighted by atomic mass is 9.88. The van der Waals surface area contributed by atoms with E-state index in [-0.39, 0.29) is 5.54 Å². The van der Waals surface area contributed by atoms with Gasteiger partial charge in [-0.2, -0.15) is 0 Å². The van der Waals surface area contributed by atoms with Gasteiger partial charge in [0.2, 0.25) is 0 Å². The van der Waals surface area contributed by atoms with E-state index in [1.807, 2.05) is 11.3 Å². The lowest BCUT2D eigenvalue weighted by molar-refractivity contribution is 0.417. The maximum Gasteiger partial charge on any atom is 0.0692 e. The summed E-state index contributed by atoms with van der Waals surface area (Å²) >= 11 is 2.02. The number of benzene rings is 1. The van der Waals surface area contributed by atoms with Crippen LogP contribution in [0, 0.1) is 6.92 Å². The molecule has 24 heavy (non-hydrogen) atoms. The van der Waals surface area contributed by atoms with Crippen molar-refractivity contribution in [2.45, 2.75) is 51.1 Å². The van der Waals surface area contributed by atoms with Crippen molar-refractivity contribution >= 4 is 27.2 Å². The average Bonchev–Trinajstić information content (AvgIpc) is 3.29. The number of nitrogens with zero attached hydrogens (tertiary/aromatic N) is 2. The molecule has 1 aliphatic carbocycles. The predicted molar refractivity (Wildman–Crippen MR) is 103 cm³/mol. The van der Waals surface area contributed by atoms with Crippen LogP contribution in [0.2, 0.25) is 0 Å². The minimum Gasteiger partial charge on any atom is -0.354 e. The summed E-state index contributed by atoms with van der Waals surface area (Å²) in [4.78, 5) is 4.37. The standard InChI is InChI=1S/C21H24N2S/c1-14-8-4-5-9-16(14)23-15(2)20-18(21(23)11-6-7-12-21)19-17(24-20)10-13-22(19)3/h4-5,8-10,13,15H,6-7,11-12H2,1-3H3/t15-/m0/s1. The van der Waals surface area contributed by atoms with E-state index >= 15 is 0 Å². The third-order valence-electron chi connectivity index (χ3n) is 6.24. The topological polar surface area (TPSA) is 8.17 Å². The van der Waals surface area contributed by atoms with Gasteiger partial charge in [0.05, 0.1) is 21.8 Å². The first-order chi connectivity index (χ1) is 11.6.